The van der Waals surface area contributed by atoms with Crippen LogP contribution in [-0.2, 0) is 9.84 Å². The highest BCUT2D eigenvalue weighted by molar-refractivity contribution is 7.98. The van der Waals surface area contributed by atoms with Crippen molar-refractivity contribution in [3.63, 3.8) is 0 Å². The topological polar surface area (TPSA) is 34.1 Å². The van der Waals surface area contributed by atoms with Crippen LogP contribution in [0.1, 0.15) is 0 Å². The Kier molecular flexibility index (Phi) is 0.508. The van der Waals surface area contributed by atoms with Crippen LogP contribution < -0.4 is 0 Å². The lowest BCUT2D eigenvalue weighted by atomic mass is 10.9. The summed E-state index contributed by atoms with van der Waals surface area (Å²) >= 11 is 0. The van der Waals surface area contributed by atoms with Crippen molar-refractivity contribution in [2.75, 3.05) is 5.75 Å². The molecule has 1 aliphatic rings. The molecule has 1 atom stereocenters. The van der Waals surface area contributed by atoms with Gasteiger partial charge in [0, 0.05) is 0 Å². The first kappa shape index (κ1) is 4.05. The molecule has 0 bridgehead atoms. The van der Waals surface area contributed by atoms with Crippen molar-refractivity contribution in [3.05, 3.63) is 0 Å². The highest BCUT2D eigenvalue weighted by Crippen LogP contribution is 2.21. The molecule has 0 aromatic carbocycles. The Morgan fingerprint density at radius 3 is 1.83 bits per heavy atom. The average Bonchev–Trinajstić information content (AvgIpc) is 1.73. The summed E-state index contributed by atoms with van der Waals surface area (Å²) in [5, 5.41) is 0. The van der Waals surface area contributed by atoms with Crippen LogP contribution in [0.2, 0.25) is 0 Å². The maximum atomic E-state index is 11.3. The van der Waals surface area contributed by atoms with Gasteiger partial charge in [-0.2, -0.15) is 0 Å². The largest absolute Gasteiger partial charge is 0.229 e. The molecule has 4 heteroatoms. The molecule has 0 aliphatic carbocycles. The standard InChI is InChI=1S/C2H3FO2S/c3-2-1-6(2,4)5/h2H,1H2. The van der Waals surface area contributed by atoms with Gasteiger partial charge in [0.2, 0.25) is 5.50 Å². The molecule has 1 rings (SSSR count). The van der Waals surface area contributed by atoms with Crippen LogP contribution in [0.3, 0.4) is 0 Å². The minimum Gasteiger partial charge on any atom is -0.229 e. The number of sulfone groups is 1. The van der Waals surface area contributed by atoms with E-state index in [0.717, 1.165) is 0 Å². The summed E-state index contributed by atoms with van der Waals surface area (Å²) in [5.41, 5.74) is -1.53. The van der Waals surface area contributed by atoms with E-state index >= 15 is 0 Å². The minimum absolute atomic E-state index is 0.257. The van der Waals surface area contributed by atoms with E-state index in [2.05, 4.69) is 0 Å². The van der Waals surface area contributed by atoms with Crippen molar-refractivity contribution >= 4 is 9.84 Å². The molecule has 1 unspecified atom stereocenters. The van der Waals surface area contributed by atoms with Gasteiger partial charge in [-0.05, 0) is 0 Å². The van der Waals surface area contributed by atoms with Crippen molar-refractivity contribution in [2.45, 2.75) is 5.50 Å². The quantitative estimate of drug-likeness (QED) is 0.401. The fraction of sp³-hybridized carbons (Fsp3) is 1.00. The third kappa shape index (κ3) is 0.408. The molecule has 0 saturated carbocycles. The monoisotopic (exact) mass is 110 g/mol. The average molecular weight is 110 g/mol. The second-order valence-electron chi connectivity index (χ2n) is 1.24. The smallest absolute Gasteiger partial charge is 0.214 e. The van der Waals surface area contributed by atoms with Crippen molar-refractivity contribution < 1.29 is 12.8 Å². The first-order chi connectivity index (χ1) is 2.63. The Hall–Kier alpha value is -0.120. The molecule has 0 spiro atoms. The van der Waals surface area contributed by atoms with Crippen LogP contribution in [0.4, 0.5) is 4.39 Å². The number of alkyl halides is 1. The van der Waals surface area contributed by atoms with Gasteiger partial charge in [0.1, 0.15) is 0 Å². The van der Waals surface area contributed by atoms with Crippen LogP contribution in [0.5, 0.6) is 0 Å². The Labute approximate surface area is 34.9 Å². The van der Waals surface area contributed by atoms with Gasteiger partial charge in [-0.1, -0.05) is 0 Å². The van der Waals surface area contributed by atoms with E-state index in [1.54, 1.807) is 0 Å². The van der Waals surface area contributed by atoms with E-state index < -0.39 is 15.3 Å². The third-order valence-corrected chi connectivity index (χ3v) is 1.91. The molecule has 0 amide bonds. The van der Waals surface area contributed by atoms with Gasteiger partial charge in [-0.3, -0.25) is 0 Å². The summed E-state index contributed by atoms with van der Waals surface area (Å²) in [5.74, 6) is -0.257. The molecule has 0 aromatic rings. The molecule has 0 N–H and O–H groups in total. The van der Waals surface area contributed by atoms with Gasteiger partial charge in [0.05, 0.1) is 5.75 Å². The van der Waals surface area contributed by atoms with Gasteiger partial charge in [0.15, 0.2) is 9.84 Å². The van der Waals surface area contributed by atoms with Crippen LogP contribution in [-0.4, -0.2) is 19.7 Å². The number of halogens is 1. The third-order valence-electron chi connectivity index (χ3n) is 0.638. The van der Waals surface area contributed by atoms with Crippen LogP contribution in [0, 0.1) is 0 Å². The van der Waals surface area contributed by atoms with Gasteiger partial charge < -0.3 is 0 Å². The molecule has 0 aromatic heterocycles. The Morgan fingerprint density at radius 2 is 1.83 bits per heavy atom. The second-order valence-corrected chi connectivity index (χ2v) is 3.41. The minimum atomic E-state index is -3.16. The lowest BCUT2D eigenvalue weighted by Gasteiger charge is -1.55. The van der Waals surface area contributed by atoms with Crippen molar-refractivity contribution in [1.82, 2.24) is 0 Å². The van der Waals surface area contributed by atoms with E-state index in [-0.39, 0.29) is 5.75 Å². The first-order valence-corrected chi connectivity index (χ1v) is 3.20. The second kappa shape index (κ2) is 0.753. The molecule has 1 saturated heterocycles. The summed E-state index contributed by atoms with van der Waals surface area (Å²) in [6, 6.07) is 0. The molecule has 36 valence electrons. The Bertz CT molecular complexity index is 147. The Morgan fingerprint density at radius 1 is 1.67 bits per heavy atom. The van der Waals surface area contributed by atoms with Crippen LogP contribution >= 0.6 is 0 Å². The number of hydrogen-bond donors (Lipinski definition) is 0. The van der Waals surface area contributed by atoms with E-state index in [9.17, 15) is 12.8 Å². The molecular weight excluding hydrogens is 107 g/mol. The van der Waals surface area contributed by atoms with E-state index in [1.165, 1.54) is 0 Å². The molecule has 1 aliphatic heterocycles. The molecule has 2 nitrogen and oxygen atoms in total. The van der Waals surface area contributed by atoms with Crippen LogP contribution in [0.15, 0.2) is 0 Å². The van der Waals surface area contributed by atoms with Gasteiger partial charge in [0.25, 0.3) is 0 Å². The lowest BCUT2D eigenvalue weighted by Crippen LogP contribution is -1.70. The normalized spacial score (nSPS) is 39.2. The van der Waals surface area contributed by atoms with E-state index in [1.807, 2.05) is 0 Å². The van der Waals surface area contributed by atoms with Gasteiger partial charge in [-0.25, -0.2) is 12.8 Å². The molecule has 6 heavy (non-hydrogen) atoms. The summed E-state index contributed by atoms with van der Waals surface area (Å²) in [7, 11) is -3.16. The predicted octanol–water partition coefficient (Wildman–Crippen LogP) is -0.290. The lowest BCUT2D eigenvalue weighted by molar-refractivity contribution is 0.507. The Balaban J connectivity index is 2.92. The maximum Gasteiger partial charge on any atom is 0.214 e. The highest BCUT2D eigenvalue weighted by Gasteiger charge is 2.43. The van der Waals surface area contributed by atoms with Gasteiger partial charge >= 0.3 is 0 Å². The van der Waals surface area contributed by atoms with Crippen molar-refractivity contribution in [3.8, 4) is 0 Å². The predicted molar refractivity (Wildman–Crippen MR) is 18.7 cm³/mol. The summed E-state index contributed by atoms with van der Waals surface area (Å²) in [4.78, 5) is 0. The number of rotatable bonds is 0. The number of hydrogen-bond acceptors (Lipinski definition) is 2. The zero-order chi connectivity index (χ0) is 4.78. The molecule has 1 heterocycles. The van der Waals surface area contributed by atoms with Crippen LogP contribution in [0.25, 0.3) is 0 Å². The van der Waals surface area contributed by atoms with Crippen molar-refractivity contribution in [2.24, 2.45) is 0 Å². The zero-order valence-corrected chi connectivity index (χ0v) is 3.70. The first-order valence-electron chi connectivity index (χ1n) is 1.48. The highest BCUT2D eigenvalue weighted by atomic mass is 32.2. The molecule has 0 radical (unpaired) electrons. The van der Waals surface area contributed by atoms with E-state index in [4.69, 9.17) is 0 Å². The summed E-state index contributed by atoms with van der Waals surface area (Å²) < 4.78 is 30.7. The van der Waals surface area contributed by atoms with Gasteiger partial charge in [-0.15, -0.1) is 0 Å². The SMILES string of the molecule is O=S1(=O)CC1F. The summed E-state index contributed by atoms with van der Waals surface area (Å²) in [6.45, 7) is 0. The maximum absolute atomic E-state index is 11.3. The zero-order valence-electron chi connectivity index (χ0n) is 2.89. The van der Waals surface area contributed by atoms with Crippen molar-refractivity contribution in [1.29, 1.82) is 0 Å². The fourth-order valence-electron chi connectivity index (χ4n) is 0.143. The summed E-state index contributed by atoms with van der Waals surface area (Å²) in [6.07, 6.45) is 0. The van der Waals surface area contributed by atoms with E-state index in [0.29, 0.717) is 0 Å². The molecular formula is C2H3FO2S. The molecule has 1 fully saturated rings. The fourth-order valence-corrected chi connectivity index (χ4v) is 0.763.